The number of ether oxygens (including phenoxy) is 1. The molecule has 1 spiro atoms. The minimum Gasteiger partial charge on any atom is -0.495 e. The molecule has 0 aliphatic carbocycles. The number of benzene rings is 3. The van der Waals surface area contributed by atoms with Crippen LogP contribution >= 0.6 is 0 Å². The summed E-state index contributed by atoms with van der Waals surface area (Å²) in [5.74, 6) is -2.11. The van der Waals surface area contributed by atoms with E-state index >= 15 is 0 Å². The summed E-state index contributed by atoms with van der Waals surface area (Å²) in [4.78, 5) is 60.0. The highest BCUT2D eigenvalue weighted by Crippen LogP contribution is 2.57. The number of carbonyl (C=O) groups excluding carboxylic acids is 2. The van der Waals surface area contributed by atoms with Gasteiger partial charge in [0.25, 0.3) is 11.2 Å². The predicted octanol–water partition coefficient (Wildman–Crippen LogP) is 3.68. The van der Waals surface area contributed by atoms with Gasteiger partial charge in [0.15, 0.2) is 0 Å². The van der Waals surface area contributed by atoms with Crippen molar-refractivity contribution in [3.05, 3.63) is 98.6 Å². The Labute approximate surface area is 239 Å². The summed E-state index contributed by atoms with van der Waals surface area (Å²) in [6, 6.07) is 17.8. The highest BCUT2D eigenvalue weighted by molar-refractivity contribution is 6.24. The van der Waals surface area contributed by atoms with E-state index in [1.54, 1.807) is 28.8 Å². The second kappa shape index (κ2) is 9.05. The Kier molecular flexibility index (Phi) is 5.61. The van der Waals surface area contributed by atoms with Crippen LogP contribution in [0.5, 0.6) is 5.75 Å². The second-order valence-corrected chi connectivity index (χ2v) is 11.4. The largest absolute Gasteiger partial charge is 0.495 e. The molecule has 11 nitrogen and oxygen atoms in total. The molecule has 0 radical (unpaired) electrons. The number of hydrogen-bond acceptors (Lipinski definition) is 8. The molecule has 2 saturated heterocycles. The van der Waals surface area contributed by atoms with Gasteiger partial charge in [0.1, 0.15) is 22.8 Å². The van der Waals surface area contributed by atoms with Crippen molar-refractivity contribution in [1.82, 2.24) is 14.9 Å². The third kappa shape index (κ3) is 3.31. The van der Waals surface area contributed by atoms with Crippen LogP contribution in [-0.4, -0.2) is 39.4 Å². The maximum Gasteiger partial charge on any atom is 0.271 e. The van der Waals surface area contributed by atoms with Gasteiger partial charge in [-0.25, -0.2) is 9.88 Å². The zero-order chi connectivity index (χ0) is 29.5. The van der Waals surface area contributed by atoms with E-state index in [4.69, 9.17) is 9.72 Å². The van der Waals surface area contributed by atoms with E-state index in [9.17, 15) is 24.5 Å². The van der Waals surface area contributed by atoms with Gasteiger partial charge in [-0.2, -0.15) is 0 Å². The summed E-state index contributed by atoms with van der Waals surface area (Å²) in [6.07, 6.45) is 0.571. The molecule has 42 heavy (non-hydrogen) atoms. The summed E-state index contributed by atoms with van der Waals surface area (Å²) in [5.41, 5.74) is -0.0467. The number of fused-ring (bicyclic) bond motifs is 8. The molecule has 4 heterocycles. The molecule has 0 unspecified atom stereocenters. The van der Waals surface area contributed by atoms with Gasteiger partial charge in [0.05, 0.1) is 40.5 Å². The van der Waals surface area contributed by atoms with Gasteiger partial charge in [0, 0.05) is 23.7 Å². The lowest BCUT2D eigenvalue weighted by molar-refractivity contribution is -0.384. The van der Waals surface area contributed by atoms with Crippen molar-refractivity contribution in [1.29, 1.82) is 0 Å². The van der Waals surface area contributed by atoms with Gasteiger partial charge in [-0.05, 0) is 36.6 Å². The van der Waals surface area contributed by atoms with Crippen molar-refractivity contribution in [2.24, 2.45) is 17.8 Å². The highest BCUT2D eigenvalue weighted by Gasteiger charge is 2.70. The topological polar surface area (TPSA) is 137 Å². The first-order chi connectivity index (χ1) is 20.2. The number of methoxy groups -OCH3 is 1. The molecule has 7 rings (SSSR count). The molecule has 0 saturated carbocycles. The lowest BCUT2D eigenvalue weighted by Crippen LogP contribution is -2.50. The molecule has 2 fully saturated rings. The molecule has 0 bridgehead atoms. The maximum absolute atomic E-state index is 14.6. The molecule has 4 atom stereocenters. The SMILES string of the molecule is COc1ccc([N+](=O)[O-])cc1N1C(=O)[C@H]2[C@H](CC(C)C)N[C@@]3(c4ccccc4-n4c3nc3ccccc3c4=O)[C@H]2C1=O. The second-order valence-electron chi connectivity index (χ2n) is 11.4. The first-order valence-corrected chi connectivity index (χ1v) is 13.8. The fourth-order valence-corrected chi connectivity index (χ4v) is 7.13. The quantitative estimate of drug-likeness (QED) is 0.220. The first-order valence-electron chi connectivity index (χ1n) is 13.8. The number of nitro benzene ring substituents is 1. The Balaban J connectivity index is 1.51. The summed E-state index contributed by atoms with van der Waals surface area (Å²) in [7, 11) is 1.38. The molecule has 4 aromatic rings. The number of rotatable bonds is 5. The zero-order valence-electron chi connectivity index (χ0n) is 23.1. The minimum atomic E-state index is -1.29. The van der Waals surface area contributed by atoms with Gasteiger partial charge in [-0.3, -0.25) is 34.4 Å². The molecule has 212 valence electrons. The predicted molar refractivity (Wildman–Crippen MR) is 154 cm³/mol. The third-order valence-electron chi connectivity index (χ3n) is 8.70. The van der Waals surface area contributed by atoms with E-state index in [-0.39, 0.29) is 28.6 Å². The lowest BCUT2D eigenvalue weighted by Gasteiger charge is -2.32. The molecular formula is C31H27N5O6. The number of imide groups is 1. The van der Waals surface area contributed by atoms with Crippen molar-refractivity contribution in [2.45, 2.75) is 31.8 Å². The van der Waals surface area contributed by atoms with Gasteiger partial charge < -0.3 is 4.74 Å². The van der Waals surface area contributed by atoms with E-state index in [0.717, 1.165) is 4.90 Å². The molecule has 11 heteroatoms. The molecule has 3 aromatic carbocycles. The fraction of sp³-hybridized carbons (Fsp3) is 0.290. The third-order valence-corrected chi connectivity index (χ3v) is 8.70. The number of hydrogen-bond donors (Lipinski definition) is 1. The molecule has 3 aliphatic heterocycles. The average molecular weight is 566 g/mol. The molecular weight excluding hydrogens is 538 g/mol. The van der Waals surface area contributed by atoms with Crippen LogP contribution in [0.15, 0.2) is 71.5 Å². The summed E-state index contributed by atoms with van der Waals surface area (Å²) >= 11 is 0. The summed E-state index contributed by atoms with van der Waals surface area (Å²) in [6.45, 7) is 4.08. The van der Waals surface area contributed by atoms with Gasteiger partial charge in [-0.1, -0.05) is 44.2 Å². The molecule has 3 aliphatic rings. The van der Waals surface area contributed by atoms with E-state index in [1.165, 1.54) is 25.3 Å². The number of nitrogens with zero attached hydrogens (tertiary/aromatic N) is 4. The van der Waals surface area contributed by atoms with Crippen LogP contribution in [-0.2, 0) is 15.1 Å². The Morgan fingerprint density at radius 3 is 2.50 bits per heavy atom. The monoisotopic (exact) mass is 565 g/mol. The van der Waals surface area contributed by atoms with Crippen molar-refractivity contribution < 1.29 is 19.2 Å². The van der Waals surface area contributed by atoms with Crippen molar-refractivity contribution in [3.8, 4) is 11.4 Å². The van der Waals surface area contributed by atoms with Gasteiger partial charge >= 0.3 is 0 Å². The van der Waals surface area contributed by atoms with E-state index in [0.29, 0.717) is 34.4 Å². The standard InChI is InChI=1S/C31H27N5O6/c1-16(2)14-21-25-26(29(39)34(28(25)38)23-15-17(36(40)41)12-13-24(23)42-3)31(33-21)19-9-5-7-11-22(19)35-27(37)18-8-4-6-10-20(18)32-30(31)35/h4-13,15-16,21,25-26,33H,14H2,1-3H3/t21-,25-,26+,31-/m0/s1. The number of nitro groups is 1. The van der Waals surface area contributed by atoms with Crippen LogP contribution in [0, 0.1) is 27.9 Å². The number of non-ortho nitro benzene ring substituents is 1. The number of amides is 2. The number of para-hydroxylation sites is 2. The number of nitrogens with one attached hydrogen (secondary N) is 1. The van der Waals surface area contributed by atoms with Gasteiger partial charge in [0.2, 0.25) is 11.8 Å². The summed E-state index contributed by atoms with van der Waals surface area (Å²) < 4.78 is 7.00. The smallest absolute Gasteiger partial charge is 0.271 e. The van der Waals surface area contributed by atoms with E-state index in [2.05, 4.69) is 5.32 Å². The van der Waals surface area contributed by atoms with E-state index in [1.807, 2.05) is 38.1 Å². The van der Waals surface area contributed by atoms with E-state index < -0.39 is 40.2 Å². The average Bonchev–Trinajstić information content (AvgIpc) is 3.55. The maximum atomic E-state index is 14.6. The van der Waals surface area contributed by atoms with Crippen molar-refractivity contribution >= 4 is 34.1 Å². The fourth-order valence-electron chi connectivity index (χ4n) is 7.13. The first kappa shape index (κ1) is 26.0. The Morgan fingerprint density at radius 1 is 1.02 bits per heavy atom. The van der Waals surface area contributed by atoms with Crippen LogP contribution in [0.25, 0.3) is 16.6 Å². The molecule has 1 aromatic heterocycles. The van der Waals surface area contributed by atoms with Crippen LogP contribution in [0.1, 0.15) is 31.7 Å². The number of carbonyl (C=O) groups is 2. The van der Waals surface area contributed by atoms with Crippen molar-refractivity contribution in [2.75, 3.05) is 12.0 Å². The minimum absolute atomic E-state index is 0.0182. The van der Waals surface area contributed by atoms with Crippen molar-refractivity contribution in [3.63, 3.8) is 0 Å². The Bertz CT molecular complexity index is 1900. The highest BCUT2D eigenvalue weighted by atomic mass is 16.6. The van der Waals surface area contributed by atoms with Crippen LogP contribution in [0.2, 0.25) is 0 Å². The Morgan fingerprint density at radius 2 is 1.76 bits per heavy atom. The normalized spacial score (nSPS) is 24.0. The van der Waals surface area contributed by atoms with Crippen LogP contribution < -0.4 is 20.5 Å². The van der Waals surface area contributed by atoms with Crippen LogP contribution in [0.3, 0.4) is 0 Å². The zero-order valence-corrected chi connectivity index (χ0v) is 23.1. The summed E-state index contributed by atoms with van der Waals surface area (Å²) in [5, 5.41) is 15.8. The number of anilines is 1. The van der Waals surface area contributed by atoms with Crippen LogP contribution in [0.4, 0.5) is 11.4 Å². The number of aromatic nitrogens is 2. The molecule has 2 amide bonds. The van der Waals surface area contributed by atoms with Gasteiger partial charge in [-0.15, -0.1) is 0 Å². The molecule has 1 N–H and O–H groups in total. The Hall–Kier alpha value is -4.90. The lowest BCUT2D eigenvalue weighted by atomic mass is 9.75.